The first-order valence-corrected chi connectivity index (χ1v) is 8.86. The number of likely N-dealkylation sites (tertiary alicyclic amines) is 2. The lowest BCUT2D eigenvalue weighted by Gasteiger charge is -2.27. The van der Waals surface area contributed by atoms with Crippen LogP contribution in [0.3, 0.4) is 0 Å². The molecule has 2 saturated heterocycles. The van der Waals surface area contributed by atoms with Gasteiger partial charge in [-0.1, -0.05) is 42.5 Å². The van der Waals surface area contributed by atoms with Gasteiger partial charge >= 0.3 is 0 Å². The van der Waals surface area contributed by atoms with Crippen molar-refractivity contribution in [3.05, 3.63) is 65.7 Å². The molecule has 2 aliphatic heterocycles. The summed E-state index contributed by atoms with van der Waals surface area (Å²) >= 11 is 0. The van der Waals surface area contributed by atoms with Crippen molar-refractivity contribution < 1.29 is 9.53 Å². The molecule has 0 radical (unpaired) electrons. The second kappa shape index (κ2) is 7.68. The van der Waals surface area contributed by atoms with Gasteiger partial charge in [-0.15, -0.1) is 12.4 Å². The fourth-order valence-electron chi connectivity index (χ4n) is 4.57. The van der Waals surface area contributed by atoms with Gasteiger partial charge in [-0.05, 0) is 30.7 Å². The van der Waals surface area contributed by atoms with E-state index in [9.17, 15) is 4.79 Å². The van der Waals surface area contributed by atoms with Crippen LogP contribution >= 0.6 is 12.4 Å². The molecule has 0 unspecified atom stereocenters. The van der Waals surface area contributed by atoms with E-state index in [4.69, 9.17) is 4.74 Å². The number of nitrogens with zero attached hydrogens (tertiary/aromatic N) is 2. The summed E-state index contributed by atoms with van der Waals surface area (Å²) in [6.45, 7) is 2.68. The zero-order chi connectivity index (χ0) is 17.4. The van der Waals surface area contributed by atoms with E-state index in [0.717, 1.165) is 19.6 Å². The van der Waals surface area contributed by atoms with Crippen LogP contribution in [0.15, 0.2) is 54.6 Å². The molecule has 0 aromatic heterocycles. The zero-order valence-electron chi connectivity index (χ0n) is 15.2. The topological polar surface area (TPSA) is 32.8 Å². The monoisotopic (exact) mass is 372 g/mol. The van der Waals surface area contributed by atoms with Crippen molar-refractivity contribution in [2.75, 3.05) is 33.8 Å². The summed E-state index contributed by atoms with van der Waals surface area (Å²) < 4.78 is 5.37. The molecule has 138 valence electrons. The van der Waals surface area contributed by atoms with Crippen LogP contribution in [0.5, 0.6) is 5.75 Å². The first-order chi connectivity index (χ1) is 12.2. The third kappa shape index (κ3) is 3.19. The summed E-state index contributed by atoms with van der Waals surface area (Å²) in [6.07, 6.45) is 0. The van der Waals surface area contributed by atoms with E-state index < -0.39 is 0 Å². The molecule has 5 heteroatoms. The fourth-order valence-corrected chi connectivity index (χ4v) is 4.57. The Kier molecular flexibility index (Phi) is 5.54. The lowest BCUT2D eigenvalue weighted by Crippen LogP contribution is -2.33. The Morgan fingerprint density at radius 2 is 1.69 bits per heavy atom. The molecule has 0 bridgehead atoms. The van der Waals surface area contributed by atoms with Crippen LogP contribution in [0.25, 0.3) is 0 Å². The first-order valence-electron chi connectivity index (χ1n) is 8.86. The number of ether oxygens (including phenoxy) is 1. The van der Waals surface area contributed by atoms with Crippen LogP contribution in [0, 0.1) is 11.8 Å². The summed E-state index contributed by atoms with van der Waals surface area (Å²) in [5, 5.41) is 0. The van der Waals surface area contributed by atoms with Crippen LogP contribution in [-0.2, 0) is 0 Å². The first kappa shape index (κ1) is 18.7. The predicted octanol–water partition coefficient (Wildman–Crippen LogP) is 3.49. The number of carbonyl (C=O) groups is 1. The van der Waals surface area contributed by atoms with Crippen molar-refractivity contribution in [3.63, 3.8) is 0 Å². The number of rotatable bonds is 3. The van der Waals surface area contributed by atoms with Crippen molar-refractivity contribution in [2.24, 2.45) is 11.8 Å². The minimum absolute atomic E-state index is 0. The molecule has 2 heterocycles. The van der Waals surface area contributed by atoms with Crippen molar-refractivity contribution in [2.45, 2.75) is 6.04 Å². The molecule has 0 spiro atoms. The van der Waals surface area contributed by atoms with E-state index in [1.54, 1.807) is 7.11 Å². The maximum absolute atomic E-state index is 13.0. The lowest BCUT2D eigenvalue weighted by molar-refractivity contribution is 0.0764. The van der Waals surface area contributed by atoms with E-state index in [1.165, 1.54) is 5.56 Å². The molecule has 1 amide bonds. The van der Waals surface area contributed by atoms with Gasteiger partial charge in [0.15, 0.2) is 0 Å². The average Bonchev–Trinajstić information content (AvgIpc) is 3.18. The number of halogens is 1. The quantitative estimate of drug-likeness (QED) is 0.826. The summed E-state index contributed by atoms with van der Waals surface area (Å²) in [4.78, 5) is 17.5. The fraction of sp³-hybridized carbons (Fsp3) is 0.381. The molecule has 4 rings (SSSR count). The second-order valence-electron chi connectivity index (χ2n) is 7.13. The number of carbonyl (C=O) groups excluding carboxylic acids is 1. The van der Waals surface area contributed by atoms with E-state index in [-0.39, 0.29) is 18.3 Å². The molecule has 0 aliphatic carbocycles. The SMILES string of the molecule is COc1ccccc1C(=O)N1C[C@@H]2CN(C)[C@@H](c3ccccc3)[C@@H]2C1.Cl. The molecule has 4 nitrogen and oxygen atoms in total. The second-order valence-corrected chi connectivity index (χ2v) is 7.13. The number of hydrogen-bond donors (Lipinski definition) is 0. The summed E-state index contributed by atoms with van der Waals surface area (Å²) in [7, 11) is 3.81. The maximum atomic E-state index is 13.0. The van der Waals surface area contributed by atoms with Crippen LogP contribution in [0.2, 0.25) is 0 Å². The van der Waals surface area contributed by atoms with Crippen LogP contribution in [0.1, 0.15) is 22.0 Å². The Balaban J connectivity index is 0.00000196. The van der Waals surface area contributed by atoms with E-state index >= 15 is 0 Å². The Bertz CT molecular complexity index is 768. The van der Waals surface area contributed by atoms with Gasteiger partial charge in [0, 0.05) is 31.6 Å². The van der Waals surface area contributed by atoms with Crippen LogP contribution in [-0.4, -0.2) is 49.5 Å². The Labute approximate surface area is 161 Å². The molecule has 3 atom stereocenters. The molecule has 2 aromatic rings. The van der Waals surface area contributed by atoms with Crippen LogP contribution < -0.4 is 4.74 Å². The van der Waals surface area contributed by atoms with Crippen molar-refractivity contribution in [3.8, 4) is 5.75 Å². The number of amides is 1. The number of hydrogen-bond acceptors (Lipinski definition) is 3. The Morgan fingerprint density at radius 3 is 2.42 bits per heavy atom. The number of fused-ring (bicyclic) bond motifs is 1. The minimum atomic E-state index is 0. The molecule has 0 saturated carbocycles. The zero-order valence-corrected chi connectivity index (χ0v) is 16.0. The molecule has 2 aromatic carbocycles. The standard InChI is InChI=1S/C21H24N2O2.ClH/c1-22-12-16-13-23(21(24)17-10-6-7-11-19(17)25-2)14-18(16)20(22)15-8-4-3-5-9-15;/h3-11,16,18,20H,12-14H2,1-2H3;1H/t16-,18+,20-;/m0./s1. The largest absolute Gasteiger partial charge is 0.496 e. The maximum Gasteiger partial charge on any atom is 0.257 e. The van der Waals surface area contributed by atoms with Gasteiger partial charge in [0.2, 0.25) is 0 Å². The molecule has 0 N–H and O–H groups in total. The predicted molar refractivity (Wildman–Crippen MR) is 105 cm³/mol. The molecular formula is C21H25ClN2O2. The number of para-hydroxylation sites is 1. The van der Waals surface area contributed by atoms with Gasteiger partial charge in [0.1, 0.15) is 5.75 Å². The minimum Gasteiger partial charge on any atom is -0.496 e. The summed E-state index contributed by atoms with van der Waals surface area (Å²) in [6, 6.07) is 18.6. The van der Waals surface area contributed by atoms with E-state index in [2.05, 4.69) is 42.3 Å². The lowest BCUT2D eigenvalue weighted by atomic mass is 9.90. The highest BCUT2D eigenvalue weighted by Gasteiger charge is 2.47. The van der Waals surface area contributed by atoms with Gasteiger partial charge in [0.25, 0.3) is 5.91 Å². The van der Waals surface area contributed by atoms with Crippen LogP contribution in [0.4, 0.5) is 0 Å². The Hall–Kier alpha value is -2.04. The Morgan fingerprint density at radius 1 is 1.00 bits per heavy atom. The van der Waals surface area contributed by atoms with Gasteiger partial charge in [-0.25, -0.2) is 0 Å². The third-order valence-electron chi connectivity index (χ3n) is 5.66. The molecule has 2 fully saturated rings. The van der Waals surface area contributed by atoms with E-state index in [0.29, 0.717) is 29.2 Å². The average molecular weight is 373 g/mol. The highest BCUT2D eigenvalue weighted by Crippen LogP contribution is 2.44. The molecule has 2 aliphatic rings. The summed E-state index contributed by atoms with van der Waals surface area (Å²) in [5.41, 5.74) is 2.01. The van der Waals surface area contributed by atoms with Crippen molar-refractivity contribution in [1.29, 1.82) is 0 Å². The van der Waals surface area contributed by atoms with Gasteiger partial charge in [0.05, 0.1) is 12.7 Å². The highest BCUT2D eigenvalue weighted by molar-refractivity contribution is 5.97. The van der Waals surface area contributed by atoms with Crippen molar-refractivity contribution in [1.82, 2.24) is 9.80 Å². The van der Waals surface area contributed by atoms with Gasteiger partial charge in [-0.2, -0.15) is 0 Å². The third-order valence-corrected chi connectivity index (χ3v) is 5.66. The number of benzene rings is 2. The van der Waals surface area contributed by atoms with Crippen molar-refractivity contribution >= 4 is 18.3 Å². The molecular weight excluding hydrogens is 348 g/mol. The molecule has 26 heavy (non-hydrogen) atoms. The smallest absolute Gasteiger partial charge is 0.257 e. The number of methoxy groups -OCH3 is 1. The van der Waals surface area contributed by atoms with Gasteiger partial charge < -0.3 is 9.64 Å². The highest BCUT2D eigenvalue weighted by atomic mass is 35.5. The summed E-state index contributed by atoms with van der Waals surface area (Å²) in [5.74, 6) is 1.77. The van der Waals surface area contributed by atoms with E-state index in [1.807, 2.05) is 29.2 Å². The normalized spacial score (nSPS) is 24.8. The van der Waals surface area contributed by atoms with Gasteiger partial charge in [-0.3, -0.25) is 9.69 Å².